The van der Waals surface area contributed by atoms with Crippen molar-refractivity contribution in [1.29, 1.82) is 5.41 Å². The molecule has 0 atom stereocenters. The molecule has 0 bridgehead atoms. The minimum absolute atomic E-state index is 0.0301. The lowest BCUT2D eigenvalue weighted by Crippen LogP contribution is -2.18. The van der Waals surface area contributed by atoms with Crippen molar-refractivity contribution in [2.24, 2.45) is 12.8 Å². The van der Waals surface area contributed by atoms with Gasteiger partial charge in [-0.2, -0.15) is 5.10 Å². The zero-order chi connectivity index (χ0) is 14.9. The molecule has 1 heterocycles. The fourth-order valence-electron chi connectivity index (χ4n) is 1.57. The smallest absolute Gasteiger partial charge is 0.265 e. The highest BCUT2D eigenvalue weighted by molar-refractivity contribution is 7.92. The molecule has 0 amide bonds. The number of nitrogen functional groups attached to an aromatic ring is 1. The van der Waals surface area contributed by atoms with Crippen LogP contribution >= 0.6 is 0 Å². The van der Waals surface area contributed by atoms with E-state index >= 15 is 0 Å². The monoisotopic (exact) mass is 297 g/mol. The Balaban J connectivity index is 2.42. The topological polar surface area (TPSA) is 114 Å². The highest BCUT2D eigenvalue weighted by Gasteiger charge is 2.18. The molecule has 0 unspecified atom stereocenters. The molecule has 0 spiro atoms. The maximum atomic E-state index is 13.1. The summed E-state index contributed by atoms with van der Waals surface area (Å²) in [6, 6.07) is 3.27. The average Bonchev–Trinajstić information content (AvgIpc) is 2.78. The van der Waals surface area contributed by atoms with E-state index in [2.05, 4.69) is 9.82 Å². The molecule has 2 aromatic rings. The maximum absolute atomic E-state index is 13.1. The molecule has 0 radical (unpaired) electrons. The number of hydrogen-bond donors (Lipinski definition) is 3. The molecule has 7 nitrogen and oxygen atoms in total. The summed E-state index contributed by atoms with van der Waals surface area (Å²) in [4.78, 5) is -0.0428. The molecule has 1 aromatic carbocycles. The number of nitrogens with one attached hydrogen (secondary N) is 2. The third-order valence-corrected chi connectivity index (χ3v) is 3.83. The van der Waals surface area contributed by atoms with E-state index in [0.717, 1.165) is 12.1 Å². The van der Waals surface area contributed by atoms with Gasteiger partial charge in [0.25, 0.3) is 10.0 Å². The number of nitrogens with two attached hydrogens (primary N) is 1. The number of aryl methyl sites for hydroxylation is 1. The molecule has 0 saturated carbocycles. The molecule has 2 rings (SSSR count). The van der Waals surface area contributed by atoms with Crippen molar-refractivity contribution in [3.05, 3.63) is 42.0 Å². The van der Waals surface area contributed by atoms with E-state index < -0.39 is 21.7 Å². The number of amidine groups is 1. The molecule has 0 aliphatic carbocycles. The lowest BCUT2D eigenvalue weighted by atomic mass is 10.1. The van der Waals surface area contributed by atoms with Crippen LogP contribution in [0.5, 0.6) is 0 Å². The summed E-state index contributed by atoms with van der Waals surface area (Å²) >= 11 is 0. The van der Waals surface area contributed by atoms with Crippen molar-refractivity contribution in [1.82, 2.24) is 9.78 Å². The summed E-state index contributed by atoms with van der Waals surface area (Å²) in [6.07, 6.45) is 2.50. The molecule has 4 N–H and O–H groups in total. The average molecular weight is 297 g/mol. The van der Waals surface area contributed by atoms with Crippen LogP contribution in [0, 0.1) is 11.2 Å². The lowest BCUT2D eigenvalue weighted by Gasteiger charge is -2.10. The van der Waals surface area contributed by atoms with Crippen molar-refractivity contribution in [3.63, 3.8) is 0 Å². The summed E-state index contributed by atoms with van der Waals surface area (Å²) in [7, 11) is -2.29. The van der Waals surface area contributed by atoms with Crippen molar-refractivity contribution >= 4 is 21.5 Å². The first kappa shape index (κ1) is 14.0. The molecule has 0 aliphatic heterocycles. The number of nitrogens with zero attached hydrogens (tertiary/aromatic N) is 2. The Morgan fingerprint density at radius 1 is 1.50 bits per heavy atom. The quantitative estimate of drug-likeness (QED) is 0.567. The van der Waals surface area contributed by atoms with Gasteiger partial charge in [0.2, 0.25) is 0 Å². The highest BCUT2D eigenvalue weighted by Crippen LogP contribution is 2.20. The number of halogens is 1. The third-order valence-electron chi connectivity index (χ3n) is 2.51. The Morgan fingerprint density at radius 3 is 2.75 bits per heavy atom. The molecule has 0 saturated heterocycles. The lowest BCUT2D eigenvalue weighted by molar-refractivity contribution is 0.600. The number of rotatable bonds is 4. The minimum atomic E-state index is -3.87. The Kier molecular flexibility index (Phi) is 3.45. The third kappa shape index (κ3) is 2.77. The first-order valence-corrected chi connectivity index (χ1v) is 6.93. The molecule has 0 fully saturated rings. The van der Waals surface area contributed by atoms with Gasteiger partial charge < -0.3 is 5.73 Å². The summed E-state index contributed by atoms with van der Waals surface area (Å²) in [5.74, 6) is -1.05. The van der Waals surface area contributed by atoms with E-state index in [9.17, 15) is 12.8 Å². The van der Waals surface area contributed by atoms with E-state index in [0.29, 0.717) is 0 Å². The van der Waals surface area contributed by atoms with Crippen LogP contribution in [0.2, 0.25) is 0 Å². The van der Waals surface area contributed by atoms with Gasteiger partial charge in [-0.25, -0.2) is 12.8 Å². The molecule has 20 heavy (non-hydrogen) atoms. The molecule has 106 valence electrons. The largest absolute Gasteiger partial charge is 0.384 e. The Labute approximate surface area is 114 Å². The number of aromatic nitrogens is 2. The van der Waals surface area contributed by atoms with Crippen molar-refractivity contribution in [2.75, 3.05) is 4.72 Å². The van der Waals surface area contributed by atoms with E-state index in [1.54, 1.807) is 7.05 Å². The molecular weight excluding hydrogens is 285 g/mol. The summed E-state index contributed by atoms with van der Waals surface area (Å²) in [6.45, 7) is 0. The van der Waals surface area contributed by atoms with Gasteiger partial charge in [-0.3, -0.25) is 14.8 Å². The number of hydrogen-bond acceptors (Lipinski definition) is 4. The predicted octanol–water partition coefficient (Wildman–Crippen LogP) is 0.644. The standard InChI is InChI=1S/C11H12FN5O2S/c1-17-6-8(5-15-17)20(18,19)16-10-3-2-7(12)4-9(10)11(13)14/h2-6,16H,1H3,(H3,13,14). The number of anilines is 1. The SMILES string of the molecule is Cn1cc(S(=O)(=O)Nc2ccc(F)cc2C(=N)N)cn1. The summed E-state index contributed by atoms with van der Waals surface area (Å²) in [5, 5.41) is 11.1. The Morgan fingerprint density at radius 2 is 2.20 bits per heavy atom. The van der Waals surface area contributed by atoms with Gasteiger partial charge in [0.15, 0.2) is 0 Å². The predicted molar refractivity (Wildman–Crippen MR) is 71.4 cm³/mol. The van der Waals surface area contributed by atoms with Crippen LogP contribution in [0.15, 0.2) is 35.5 Å². The fourth-order valence-corrected chi connectivity index (χ4v) is 2.63. The Bertz CT molecular complexity index is 769. The van der Waals surface area contributed by atoms with Crippen LogP contribution in [0.3, 0.4) is 0 Å². The van der Waals surface area contributed by atoms with Crippen LogP contribution in [-0.4, -0.2) is 24.0 Å². The molecule has 0 aliphatic rings. The van der Waals surface area contributed by atoms with E-state index in [-0.39, 0.29) is 16.1 Å². The van der Waals surface area contributed by atoms with E-state index in [4.69, 9.17) is 11.1 Å². The van der Waals surface area contributed by atoms with Gasteiger partial charge in [0.05, 0.1) is 11.9 Å². The molecule has 9 heteroatoms. The van der Waals surface area contributed by atoms with Crippen molar-refractivity contribution in [3.8, 4) is 0 Å². The highest BCUT2D eigenvalue weighted by atomic mass is 32.2. The first-order chi connectivity index (χ1) is 9.29. The van der Waals surface area contributed by atoms with Gasteiger partial charge in [-0.1, -0.05) is 0 Å². The van der Waals surface area contributed by atoms with Crippen LogP contribution in [0.4, 0.5) is 10.1 Å². The molecular formula is C11H12FN5O2S. The van der Waals surface area contributed by atoms with Gasteiger partial charge >= 0.3 is 0 Å². The number of benzene rings is 1. The van der Waals surface area contributed by atoms with Gasteiger partial charge in [0, 0.05) is 18.8 Å². The maximum Gasteiger partial charge on any atom is 0.265 e. The van der Waals surface area contributed by atoms with E-state index in [1.807, 2.05) is 0 Å². The first-order valence-electron chi connectivity index (χ1n) is 5.45. The summed E-state index contributed by atoms with van der Waals surface area (Å²) < 4.78 is 40.9. The van der Waals surface area contributed by atoms with Crippen LogP contribution in [0.1, 0.15) is 5.56 Å². The minimum Gasteiger partial charge on any atom is -0.384 e. The fraction of sp³-hybridized carbons (Fsp3) is 0.0909. The summed E-state index contributed by atoms with van der Waals surface area (Å²) in [5.41, 5.74) is 5.31. The molecule has 1 aromatic heterocycles. The van der Waals surface area contributed by atoms with Crippen LogP contribution in [0.25, 0.3) is 0 Å². The Hall–Kier alpha value is -2.42. The van der Waals surface area contributed by atoms with E-state index in [1.165, 1.54) is 23.1 Å². The zero-order valence-electron chi connectivity index (χ0n) is 10.5. The van der Waals surface area contributed by atoms with Gasteiger partial charge in [-0.05, 0) is 18.2 Å². The van der Waals surface area contributed by atoms with Gasteiger partial charge in [-0.15, -0.1) is 0 Å². The number of sulfonamides is 1. The normalized spacial score (nSPS) is 11.3. The second-order valence-electron chi connectivity index (χ2n) is 4.06. The van der Waals surface area contributed by atoms with Crippen LogP contribution < -0.4 is 10.5 Å². The van der Waals surface area contributed by atoms with Crippen molar-refractivity contribution < 1.29 is 12.8 Å². The van der Waals surface area contributed by atoms with Gasteiger partial charge in [0.1, 0.15) is 16.5 Å². The second kappa shape index (κ2) is 4.93. The van der Waals surface area contributed by atoms with Crippen LogP contribution in [-0.2, 0) is 17.1 Å². The second-order valence-corrected chi connectivity index (χ2v) is 5.74. The van der Waals surface area contributed by atoms with Crippen molar-refractivity contribution in [2.45, 2.75) is 4.90 Å². The zero-order valence-corrected chi connectivity index (χ0v) is 11.3.